The van der Waals surface area contributed by atoms with Crippen LogP contribution in [0.3, 0.4) is 0 Å². The van der Waals surface area contributed by atoms with E-state index in [1.807, 2.05) is 24.3 Å². The topological polar surface area (TPSA) is 12.5 Å². The van der Waals surface area contributed by atoms with Crippen molar-refractivity contribution in [1.29, 1.82) is 0 Å². The van der Waals surface area contributed by atoms with Crippen molar-refractivity contribution in [1.82, 2.24) is 0 Å². The molecular formula is C13H17F2NO. The lowest BCUT2D eigenvalue weighted by Crippen LogP contribution is -2.17. The molecule has 94 valence electrons. The van der Waals surface area contributed by atoms with Gasteiger partial charge in [0.05, 0.1) is 6.61 Å². The van der Waals surface area contributed by atoms with E-state index in [9.17, 15) is 8.78 Å². The molecule has 0 atom stereocenters. The number of anilines is 1. The number of nitrogens with zero attached hydrogens (tertiary/aromatic N) is 1. The summed E-state index contributed by atoms with van der Waals surface area (Å²) in [6.45, 7) is 2.28. The smallest absolute Gasteiger partial charge is 0.241 e. The Balaban J connectivity index is 1.84. The lowest BCUT2D eigenvalue weighted by atomic mass is 10.3. The van der Waals surface area contributed by atoms with Gasteiger partial charge in [-0.25, -0.2) is 8.78 Å². The summed E-state index contributed by atoms with van der Waals surface area (Å²) in [5.41, 5.74) is 1.18. The Labute approximate surface area is 100 Å². The van der Waals surface area contributed by atoms with E-state index in [1.165, 1.54) is 18.5 Å². The molecule has 0 radical (unpaired) electrons. The van der Waals surface area contributed by atoms with Crippen LogP contribution in [-0.4, -0.2) is 26.1 Å². The third kappa shape index (κ3) is 3.58. The summed E-state index contributed by atoms with van der Waals surface area (Å²) in [5, 5.41) is 0. The van der Waals surface area contributed by atoms with Crippen LogP contribution in [0.5, 0.6) is 5.75 Å². The Hall–Kier alpha value is -1.32. The van der Waals surface area contributed by atoms with Crippen LogP contribution in [0, 0.1) is 0 Å². The van der Waals surface area contributed by atoms with E-state index in [0.29, 0.717) is 5.75 Å². The first-order valence-electron chi connectivity index (χ1n) is 6.01. The molecule has 0 aromatic heterocycles. The molecule has 2 rings (SSSR count). The van der Waals surface area contributed by atoms with Crippen molar-refractivity contribution in [2.24, 2.45) is 0 Å². The van der Waals surface area contributed by atoms with Gasteiger partial charge in [0.25, 0.3) is 0 Å². The number of hydrogen-bond acceptors (Lipinski definition) is 2. The first-order chi connectivity index (χ1) is 8.25. The minimum atomic E-state index is -2.29. The van der Waals surface area contributed by atoms with Gasteiger partial charge in [-0.2, -0.15) is 0 Å². The number of alkyl halides is 2. The van der Waals surface area contributed by atoms with Crippen molar-refractivity contribution in [3.05, 3.63) is 24.3 Å². The Kier molecular flexibility index (Phi) is 4.18. The van der Waals surface area contributed by atoms with Crippen molar-refractivity contribution in [3.63, 3.8) is 0 Å². The molecule has 1 aromatic carbocycles. The second-order valence-electron chi connectivity index (χ2n) is 4.22. The zero-order valence-electron chi connectivity index (χ0n) is 9.74. The molecule has 0 N–H and O–H groups in total. The average Bonchev–Trinajstić information content (AvgIpc) is 2.83. The Morgan fingerprint density at radius 2 is 1.76 bits per heavy atom. The lowest BCUT2D eigenvalue weighted by Gasteiger charge is -2.17. The van der Waals surface area contributed by atoms with Crippen molar-refractivity contribution in [2.75, 3.05) is 24.6 Å². The molecule has 0 bridgehead atoms. The van der Waals surface area contributed by atoms with Gasteiger partial charge in [0.1, 0.15) is 5.75 Å². The van der Waals surface area contributed by atoms with Crippen molar-refractivity contribution >= 4 is 5.69 Å². The maximum absolute atomic E-state index is 11.9. The summed E-state index contributed by atoms with van der Waals surface area (Å²) in [5.74, 6) is 0.661. The second-order valence-corrected chi connectivity index (χ2v) is 4.22. The van der Waals surface area contributed by atoms with Crippen LogP contribution in [0.2, 0.25) is 0 Å². The standard InChI is InChI=1S/C13H17F2NO/c14-13(15)7-10-17-12-5-3-11(4-6-12)16-8-1-2-9-16/h3-6,13H,1-2,7-10H2. The molecule has 0 unspecified atom stereocenters. The number of halogens is 2. The summed E-state index contributed by atoms with van der Waals surface area (Å²) in [6, 6.07) is 7.67. The van der Waals surface area contributed by atoms with Crippen LogP contribution in [0.25, 0.3) is 0 Å². The maximum Gasteiger partial charge on any atom is 0.241 e. The van der Waals surface area contributed by atoms with Crippen molar-refractivity contribution < 1.29 is 13.5 Å². The van der Waals surface area contributed by atoms with Gasteiger partial charge in [-0.1, -0.05) is 0 Å². The van der Waals surface area contributed by atoms with Crippen LogP contribution < -0.4 is 9.64 Å². The van der Waals surface area contributed by atoms with Crippen molar-refractivity contribution in [2.45, 2.75) is 25.7 Å². The van der Waals surface area contributed by atoms with Crippen LogP contribution in [-0.2, 0) is 0 Å². The van der Waals surface area contributed by atoms with Gasteiger partial charge < -0.3 is 9.64 Å². The van der Waals surface area contributed by atoms with Gasteiger partial charge in [0, 0.05) is 25.2 Å². The van der Waals surface area contributed by atoms with Gasteiger partial charge >= 0.3 is 0 Å². The number of hydrogen-bond donors (Lipinski definition) is 0. The molecule has 0 amide bonds. The SMILES string of the molecule is FC(F)CCOc1ccc(N2CCCC2)cc1. The number of ether oxygens (including phenoxy) is 1. The van der Waals surface area contributed by atoms with Gasteiger partial charge in [-0.15, -0.1) is 0 Å². The monoisotopic (exact) mass is 241 g/mol. The van der Waals surface area contributed by atoms with E-state index >= 15 is 0 Å². The molecule has 1 aliphatic rings. The molecule has 0 aliphatic carbocycles. The predicted molar refractivity (Wildman–Crippen MR) is 64.0 cm³/mol. The Bertz CT molecular complexity index is 334. The summed E-state index contributed by atoms with van der Waals surface area (Å²) in [7, 11) is 0. The highest BCUT2D eigenvalue weighted by Gasteiger charge is 2.11. The molecule has 17 heavy (non-hydrogen) atoms. The van der Waals surface area contributed by atoms with Crippen LogP contribution in [0.4, 0.5) is 14.5 Å². The first kappa shape index (κ1) is 12.1. The minimum Gasteiger partial charge on any atom is -0.493 e. The van der Waals surface area contributed by atoms with Gasteiger partial charge in [0.15, 0.2) is 0 Å². The molecule has 2 nitrogen and oxygen atoms in total. The third-order valence-electron chi connectivity index (χ3n) is 2.91. The number of rotatable bonds is 5. The van der Waals surface area contributed by atoms with Crippen LogP contribution in [0.15, 0.2) is 24.3 Å². The summed E-state index contributed by atoms with van der Waals surface area (Å²) < 4.78 is 29.1. The molecule has 0 saturated carbocycles. The van der Waals surface area contributed by atoms with E-state index in [0.717, 1.165) is 13.1 Å². The summed E-state index contributed by atoms with van der Waals surface area (Å²) >= 11 is 0. The zero-order valence-corrected chi connectivity index (χ0v) is 9.74. The fourth-order valence-electron chi connectivity index (χ4n) is 1.99. The zero-order chi connectivity index (χ0) is 12.1. The largest absolute Gasteiger partial charge is 0.493 e. The van der Waals surface area contributed by atoms with Crippen LogP contribution >= 0.6 is 0 Å². The van der Waals surface area contributed by atoms with E-state index < -0.39 is 6.43 Å². The van der Waals surface area contributed by atoms with E-state index in [-0.39, 0.29) is 13.0 Å². The fourth-order valence-corrected chi connectivity index (χ4v) is 1.99. The molecule has 1 fully saturated rings. The fraction of sp³-hybridized carbons (Fsp3) is 0.538. The highest BCUT2D eigenvalue weighted by molar-refractivity contribution is 5.49. The molecule has 1 aromatic rings. The first-order valence-corrected chi connectivity index (χ1v) is 6.01. The average molecular weight is 241 g/mol. The normalized spacial score (nSPS) is 15.6. The maximum atomic E-state index is 11.9. The van der Waals surface area contributed by atoms with E-state index in [1.54, 1.807) is 0 Å². The molecule has 4 heteroatoms. The number of benzene rings is 1. The van der Waals surface area contributed by atoms with Crippen LogP contribution in [0.1, 0.15) is 19.3 Å². The molecule has 1 heterocycles. The van der Waals surface area contributed by atoms with Gasteiger partial charge in [-0.3, -0.25) is 0 Å². The van der Waals surface area contributed by atoms with Crippen molar-refractivity contribution in [3.8, 4) is 5.75 Å². The van der Waals surface area contributed by atoms with E-state index in [4.69, 9.17) is 4.74 Å². The molecule has 0 spiro atoms. The Morgan fingerprint density at radius 3 is 2.35 bits per heavy atom. The van der Waals surface area contributed by atoms with Gasteiger partial charge in [0.2, 0.25) is 6.43 Å². The molecule has 1 aliphatic heterocycles. The van der Waals surface area contributed by atoms with E-state index in [2.05, 4.69) is 4.90 Å². The quantitative estimate of drug-likeness (QED) is 0.784. The highest BCUT2D eigenvalue weighted by Crippen LogP contribution is 2.23. The molecule has 1 saturated heterocycles. The minimum absolute atomic E-state index is 0.0702. The Morgan fingerprint density at radius 1 is 1.12 bits per heavy atom. The second kappa shape index (κ2) is 5.84. The summed E-state index contributed by atoms with van der Waals surface area (Å²) in [6.07, 6.45) is -0.0217. The highest BCUT2D eigenvalue weighted by atomic mass is 19.3. The third-order valence-corrected chi connectivity index (χ3v) is 2.91. The van der Waals surface area contributed by atoms with Gasteiger partial charge in [-0.05, 0) is 37.1 Å². The lowest BCUT2D eigenvalue weighted by molar-refractivity contribution is 0.114. The predicted octanol–water partition coefficient (Wildman–Crippen LogP) is 3.32. The summed E-state index contributed by atoms with van der Waals surface area (Å²) in [4.78, 5) is 2.32. The molecular weight excluding hydrogens is 224 g/mol.